The number of amides is 1. The average molecular weight is 461 g/mol. The predicted molar refractivity (Wildman–Crippen MR) is 123 cm³/mol. The summed E-state index contributed by atoms with van der Waals surface area (Å²) in [5.74, 6) is -0.0787. The van der Waals surface area contributed by atoms with E-state index in [1.54, 1.807) is 0 Å². The van der Waals surface area contributed by atoms with Crippen LogP contribution in [0.4, 0.5) is 5.95 Å². The first-order valence-corrected chi connectivity index (χ1v) is 11.2. The summed E-state index contributed by atoms with van der Waals surface area (Å²) in [5.41, 5.74) is 1.71. The number of quaternary nitrogens is 1. The van der Waals surface area contributed by atoms with Crippen LogP contribution >= 0.6 is 0 Å². The number of likely N-dealkylation sites (N-methyl/N-ethyl adjacent to an activating group) is 1. The lowest BCUT2D eigenvalue weighted by molar-refractivity contribution is -0.917. The number of ether oxygens (including phenoxy) is 1. The van der Waals surface area contributed by atoms with Crippen molar-refractivity contribution in [1.82, 2.24) is 15.0 Å². The lowest BCUT2D eigenvalue weighted by Gasteiger charge is -2.43. The summed E-state index contributed by atoms with van der Waals surface area (Å²) in [4.78, 5) is 36.3. The number of aliphatic hydroxyl groups is 1. The Bertz CT molecular complexity index is 1180. The fraction of sp³-hybridized carbons (Fsp3) is 0.320. The number of carbonyl (C=O) groups excluding carboxylic acids is 2. The number of likely N-dealkylation sites (tertiary alicyclic amines) is 1. The van der Waals surface area contributed by atoms with E-state index >= 15 is 0 Å². The smallest absolute Gasteiger partial charge is 0.293 e. The summed E-state index contributed by atoms with van der Waals surface area (Å²) >= 11 is 0. The SMILES string of the molecule is C[N+]1(CC(=O)Nc2ncncn2)CCCC1C(OC=O)C1(O)c2ccccc2-c2ccccc21. The van der Waals surface area contributed by atoms with Crippen molar-refractivity contribution in [2.45, 2.75) is 30.6 Å². The number of rotatable bonds is 7. The number of anilines is 1. The molecule has 0 spiro atoms. The Morgan fingerprint density at radius 2 is 1.79 bits per heavy atom. The van der Waals surface area contributed by atoms with Crippen LogP contribution in [0.25, 0.3) is 11.1 Å². The Morgan fingerprint density at radius 1 is 1.18 bits per heavy atom. The number of nitrogens with zero attached hydrogens (tertiary/aromatic N) is 4. The second-order valence-electron chi connectivity index (χ2n) is 9.09. The third-order valence-electron chi connectivity index (χ3n) is 7.15. The molecule has 1 amide bonds. The maximum absolute atomic E-state index is 12.9. The molecule has 1 aromatic heterocycles. The molecular weight excluding hydrogens is 434 g/mol. The van der Waals surface area contributed by atoms with Crippen LogP contribution in [-0.2, 0) is 19.9 Å². The molecule has 2 heterocycles. The molecule has 1 saturated heterocycles. The van der Waals surface area contributed by atoms with E-state index in [1.807, 2.05) is 55.6 Å². The van der Waals surface area contributed by atoms with Gasteiger partial charge < -0.3 is 14.3 Å². The lowest BCUT2D eigenvalue weighted by atomic mass is 9.81. The van der Waals surface area contributed by atoms with Gasteiger partial charge in [0.15, 0.2) is 18.2 Å². The molecule has 1 aliphatic heterocycles. The van der Waals surface area contributed by atoms with Crippen LogP contribution in [0.1, 0.15) is 24.0 Å². The van der Waals surface area contributed by atoms with E-state index in [2.05, 4.69) is 20.3 Å². The van der Waals surface area contributed by atoms with E-state index in [-0.39, 0.29) is 24.4 Å². The number of benzene rings is 2. The molecule has 2 aliphatic rings. The molecule has 9 nitrogen and oxygen atoms in total. The van der Waals surface area contributed by atoms with Crippen molar-refractivity contribution >= 4 is 18.3 Å². The molecule has 1 aliphatic carbocycles. The number of fused-ring (bicyclic) bond motifs is 3. The summed E-state index contributed by atoms with van der Waals surface area (Å²) in [6, 6.07) is 15.0. The second kappa shape index (κ2) is 8.58. The van der Waals surface area contributed by atoms with Gasteiger partial charge in [0.05, 0.1) is 13.6 Å². The van der Waals surface area contributed by atoms with Crippen LogP contribution in [0.2, 0.25) is 0 Å². The number of aromatic nitrogens is 3. The van der Waals surface area contributed by atoms with Gasteiger partial charge in [-0.05, 0) is 22.3 Å². The molecule has 3 unspecified atom stereocenters. The molecule has 0 radical (unpaired) electrons. The minimum atomic E-state index is -1.53. The van der Waals surface area contributed by atoms with E-state index in [0.29, 0.717) is 35.0 Å². The van der Waals surface area contributed by atoms with E-state index in [0.717, 1.165) is 17.5 Å². The van der Waals surface area contributed by atoms with Gasteiger partial charge in [-0.25, -0.2) is 15.0 Å². The van der Waals surface area contributed by atoms with Crippen molar-refractivity contribution in [3.05, 3.63) is 72.3 Å². The molecule has 9 heteroatoms. The Balaban J connectivity index is 1.51. The van der Waals surface area contributed by atoms with Gasteiger partial charge in [-0.15, -0.1) is 0 Å². The molecule has 3 atom stereocenters. The van der Waals surface area contributed by atoms with Crippen LogP contribution < -0.4 is 5.32 Å². The van der Waals surface area contributed by atoms with Gasteiger partial charge in [0.25, 0.3) is 12.4 Å². The highest BCUT2D eigenvalue weighted by Crippen LogP contribution is 2.52. The average Bonchev–Trinajstić information content (AvgIpc) is 3.34. The highest BCUT2D eigenvalue weighted by atomic mass is 16.5. The summed E-state index contributed by atoms with van der Waals surface area (Å²) in [5, 5.41) is 15.0. The lowest BCUT2D eigenvalue weighted by Crippen LogP contribution is -2.61. The largest absolute Gasteiger partial charge is 0.454 e. The van der Waals surface area contributed by atoms with Crippen LogP contribution in [0, 0.1) is 0 Å². The van der Waals surface area contributed by atoms with Crippen molar-refractivity contribution in [2.75, 3.05) is 25.5 Å². The van der Waals surface area contributed by atoms with Gasteiger partial charge in [0.2, 0.25) is 5.95 Å². The quantitative estimate of drug-likeness (QED) is 0.409. The molecule has 3 aromatic rings. The molecule has 34 heavy (non-hydrogen) atoms. The van der Waals surface area contributed by atoms with Crippen molar-refractivity contribution < 1.29 is 23.9 Å². The molecule has 2 N–H and O–H groups in total. The zero-order valence-electron chi connectivity index (χ0n) is 18.8. The molecule has 5 rings (SSSR count). The van der Waals surface area contributed by atoms with Crippen molar-refractivity contribution in [3.63, 3.8) is 0 Å². The van der Waals surface area contributed by atoms with Gasteiger partial charge in [-0.1, -0.05) is 48.5 Å². The van der Waals surface area contributed by atoms with Crippen LogP contribution in [0.5, 0.6) is 0 Å². The fourth-order valence-corrected chi connectivity index (χ4v) is 5.69. The number of nitrogens with one attached hydrogen (secondary N) is 1. The Kier molecular flexibility index (Phi) is 5.59. The monoisotopic (exact) mass is 460 g/mol. The summed E-state index contributed by atoms with van der Waals surface area (Å²) in [6.07, 6.45) is 3.28. The third-order valence-corrected chi connectivity index (χ3v) is 7.15. The van der Waals surface area contributed by atoms with Gasteiger partial charge in [0.1, 0.15) is 18.7 Å². The van der Waals surface area contributed by atoms with E-state index in [1.165, 1.54) is 12.7 Å². The normalized spacial score (nSPS) is 22.9. The van der Waals surface area contributed by atoms with Crippen LogP contribution in [0.15, 0.2) is 61.2 Å². The second-order valence-corrected chi connectivity index (χ2v) is 9.09. The van der Waals surface area contributed by atoms with Crippen LogP contribution in [0.3, 0.4) is 0 Å². The molecule has 174 valence electrons. The summed E-state index contributed by atoms with van der Waals surface area (Å²) in [6.45, 7) is 1.22. The van der Waals surface area contributed by atoms with E-state index in [9.17, 15) is 14.7 Å². The zero-order valence-corrected chi connectivity index (χ0v) is 18.8. The number of hydrogen-bond donors (Lipinski definition) is 2. The van der Waals surface area contributed by atoms with Gasteiger partial charge >= 0.3 is 0 Å². The van der Waals surface area contributed by atoms with Crippen molar-refractivity contribution in [2.24, 2.45) is 0 Å². The Hall–Kier alpha value is -3.69. The summed E-state index contributed by atoms with van der Waals surface area (Å²) < 4.78 is 6.02. The molecule has 0 bridgehead atoms. The first kappa shape index (κ1) is 22.1. The van der Waals surface area contributed by atoms with E-state index in [4.69, 9.17) is 4.74 Å². The minimum Gasteiger partial charge on any atom is -0.454 e. The maximum Gasteiger partial charge on any atom is 0.293 e. The zero-order chi connectivity index (χ0) is 23.8. The molecular formula is C25H26N5O4+. The topological polar surface area (TPSA) is 114 Å². The van der Waals surface area contributed by atoms with Crippen molar-refractivity contribution in [1.29, 1.82) is 0 Å². The van der Waals surface area contributed by atoms with Crippen molar-refractivity contribution in [3.8, 4) is 11.1 Å². The third kappa shape index (κ3) is 3.53. The highest BCUT2D eigenvalue weighted by molar-refractivity contribution is 5.89. The number of carbonyl (C=O) groups is 2. The maximum atomic E-state index is 12.9. The Morgan fingerprint density at radius 3 is 2.41 bits per heavy atom. The van der Waals surface area contributed by atoms with Gasteiger partial charge in [0, 0.05) is 12.8 Å². The first-order chi connectivity index (χ1) is 16.5. The fourth-order valence-electron chi connectivity index (χ4n) is 5.69. The van der Waals surface area contributed by atoms with Gasteiger partial charge in [-0.2, -0.15) is 0 Å². The minimum absolute atomic E-state index is 0.119. The first-order valence-electron chi connectivity index (χ1n) is 11.2. The summed E-state index contributed by atoms with van der Waals surface area (Å²) in [7, 11) is 1.96. The molecule has 0 saturated carbocycles. The predicted octanol–water partition coefficient (Wildman–Crippen LogP) is 1.88. The highest BCUT2D eigenvalue weighted by Gasteiger charge is 2.58. The van der Waals surface area contributed by atoms with Crippen LogP contribution in [-0.4, -0.2) is 69.2 Å². The molecule has 2 aromatic carbocycles. The standard InChI is InChI=1S/C25H25N5O4/c1-30(13-22(32)29-24-27-14-26-15-28-24)12-6-11-21(30)23(34-16-31)25(33)19-9-4-2-7-17(19)18-8-3-5-10-20(18)25/h2-5,7-10,14-16,21,23,33H,6,11-13H2,1H3/p+1. The Labute approximate surface area is 197 Å². The van der Waals surface area contributed by atoms with E-state index < -0.39 is 11.7 Å². The molecule has 1 fully saturated rings. The number of hydrogen-bond acceptors (Lipinski definition) is 7. The van der Waals surface area contributed by atoms with Gasteiger partial charge in [-0.3, -0.25) is 14.9 Å².